The van der Waals surface area contributed by atoms with E-state index in [0.717, 1.165) is 37.2 Å². The summed E-state index contributed by atoms with van der Waals surface area (Å²) in [7, 11) is 0. The lowest BCUT2D eigenvalue weighted by molar-refractivity contribution is -0.0145. The van der Waals surface area contributed by atoms with Gasteiger partial charge in [0.05, 0.1) is 12.7 Å². The van der Waals surface area contributed by atoms with Crippen LogP contribution in [0.5, 0.6) is 0 Å². The molecule has 2 nitrogen and oxygen atoms in total. The minimum atomic E-state index is 0.374. The van der Waals surface area contributed by atoms with Gasteiger partial charge in [-0.15, -0.1) is 0 Å². The highest BCUT2D eigenvalue weighted by atomic mass is 16.5. The van der Waals surface area contributed by atoms with Crippen LogP contribution in [0.4, 0.5) is 0 Å². The Morgan fingerprint density at radius 1 is 0.941 bits per heavy atom. The Kier molecular flexibility index (Phi) is 3.72. The van der Waals surface area contributed by atoms with Gasteiger partial charge >= 0.3 is 0 Å². The third-order valence-corrected chi connectivity index (χ3v) is 5.48. The molecule has 0 aliphatic heterocycles. The smallest absolute Gasteiger partial charge is 0.0575 e. The summed E-state index contributed by atoms with van der Waals surface area (Å²) in [5.74, 6) is 3.47. The van der Waals surface area contributed by atoms with Crippen molar-refractivity contribution < 1.29 is 9.84 Å². The van der Waals surface area contributed by atoms with Gasteiger partial charge in [-0.05, 0) is 68.6 Å². The lowest BCUT2D eigenvalue weighted by atomic mass is 9.87. The average Bonchev–Trinajstić information content (AvgIpc) is 2.99. The average molecular weight is 238 g/mol. The minimum absolute atomic E-state index is 0.374. The molecule has 1 N–H and O–H groups in total. The zero-order chi connectivity index (χ0) is 11.7. The van der Waals surface area contributed by atoms with Crippen molar-refractivity contribution in [2.75, 3.05) is 13.2 Å². The standard InChI is InChI=1S/C15H26O2/c16-9-11-2-5-15(6-3-11)17-10-14-8-12-1-4-13(14)7-12/h11-16H,1-10H2. The summed E-state index contributed by atoms with van der Waals surface area (Å²) < 4.78 is 6.13. The number of aliphatic hydroxyl groups excluding tert-OH is 1. The molecule has 3 rings (SSSR count). The van der Waals surface area contributed by atoms with Gasteiger partial charge in [0.2, 0.25) is 0 Å². The van der Waals surface area contributed by atoms with E-state index in [1.807, 2.05) is 0 Å². The predicted octanol–water partition coefficient (Wildman–Crippen LogP) is 2.99. The Hall–Kier alpha value is -0.0800. The maximum atomic E-state index is 9.11. The third-order valence-electron chi connectivity index (χ3n) is 5.48. The van der Waals surface area contributed by atoms with Gasteiger partial charge in [0, 0.05) is 6.61 Å². The zero-order valence-corrected chi connectivity index (χ0v) is 10.8. The van der Waals surface area contributed by atoms with Crippen LogP contribution in [0.15, 0.2) is 0 Å². The summed E-state index contributed by atoms with van der Waals surface area (Å²) in [6, 6.07) is 0. The molecule has 3 saturated carbocycles. The molecule has 0 radical (unpaired) electrons. The van der Waals surface area contributed by atoms with Crippen molar-refractivity contribution >= 4 is 0 Å². The Morgan fingerprint density at radius 3 is 2.35 bits per heavy atom. The highest BCUT2D eigenvalue weighted by Gasteiger charge is 2.39. The first-order valence-corrected chi connectivity index (χ1v) is 7.57. The van der Waals surface area contributed by atoms with E-state index in [9.17, 15) is 0 Å². The highest BCUT2D eigenvalue weighted by molar-refractivity contribution is 4.90. The van der Waals surface area contributed by atoms with E-state index in [0.29, 0.717) is 18.6 Å². The van der Waals surface area contributed by atoms with Crippen molar-refractivity contribution in [1.29, 1.82) is 0 Å². The number of hydrogen-bond donors (Lipinski definition) is 1. The van der Waals surface area contributed by atoms with E-state index in [-0.39, 0.29) is 0 Å². The lowest BCUT2D eigenvalue weighted by Crippen LogP contribution is -2.26. The molecule has 3 atom stereocenters. The Labute approximate surface area is 105 Å². The van der Waals surface area contributed by atoms with Crippen LogP contribution in [0.1, 0.15) is 51.4 Å². The molecule has 2 heteroatoms. The fraction of sp³-hybridized carbons (Fsp3) is 1.00. The van der Waals surface area contributed by atoms with Crippen LogP contribution in [0.3, 0.4) is 0 Å². The molecule has 0 aromatic carbocycles. The van der Waals surface area contributed by atoms with Crippen LogP contribution in [0, 0.1) is 23.7 Å². The predicted molar refractivity (Wildman–Crippen MR) is 67.7 cm³/mol. The largest absolute Gasteiger partial charge is 0.396 e. The van der Waals surface area contributed by atoms with Gasteiger partial charge < -0.3 is 9.84 Å². The third kappa shape index (κ3) is 2.68. The highest BCUT2D eigenvalue weighted by Crippen LogP contribution is 2.48. The molecule has 0 spiro atoms. The van der Waals surface area contributed by atoms with E-state index >= 15 is 0 Å². The first kappa shape index (κ1) is 12.0. The fourth-order valence-corrected chi connectivity index (χ4v) is 4.32. The van der Waals surface area contributed by atoms with Crippen molar-refractivity contribution in [3.63, 3.8) is 0 Å². The van der Waals surface area contributed by atoms with Crippen LogP contribution in [-0.4, -0.2) is 24.4 Å². The molecular formula is C15H26O2. The summed E-state index contributed by atoms with van der Waals surface area (Å²) >= 11 is 0. The number of rotatable bonds is 4. The summed E-state index contributed by atoms with van der Waals surface area (Å²) in [5, 5.41) is 9.11. The van der Waals surface area contributed by atoms with Gasteiger partial charge in [-0.2, -0.15) is 0 Å². The van der Waals surface area contributed by atoms with Crippen molar-refractivity contribution in [1.82, 2.24) is 0 Å². The molecule has 3 aliphatic rings. The first-order chi connectivity index (χ1) is 8.35. The molecule has 17 heavy (non-hydrogen) atoms. The van der Waals surface area contributed by atoms with E-state index < -0.39 is 0 Å². The van der Waals surface area contributed by atoms with Crippen molar-refractivity contribution in [3.05, 3.63) is 0 Å². The number of hydrogen-bond acceptors (Lipinski definition) is 2. The van der Waals surface area contributed by atoms with Crippen LogP contribution in [-0.2, 0) is 4.74 Å². The second-order valence-corrected chi connectivity index (χ2v) is 6.59. The van der Waals surface area contributed by atoms with E-state index in [1.54, 1.807) is 0 Å². The van der Waals surface area contributed by atoms with Crippen molar-refractivity contribution in [2.45, 2.75) is 57.5 Å². The molecule has 3 fully saturated rings. The lowest BCUT2D eigenvalue weighted by Gasteiger charge is -2.30. The van der Waals surface area contributed by atoms with Crippen LogP contribution < -0.4 is 0 Å². The molecule has 0 aromatic rings. The van der Waals surface area contributed by atoms with E-state index in [2.05, 4.69) is 0 Å². The second kappa shape index (κ2) is 5.27. The van der Waals surface area contributed by atoms with Crippen molar-refractivity contribution in [2.24, 2.45) is 23.7 Å². The van der Waals surface area contributed by atoms with Gasteiger partial charge in [-0.1, -0.05) is 6.42 Å². The summed E-state index contributed by atoms with van der Waals surface area (Å²) in [5.41, 5.74) is 0. The second-order valence-electron chi connectivity index (χ2n) is 6.59. The van der Waals surface area contributed by atoms with Gasteiger partial charge in [0.15, 0.2) is 0 Å². The number of ether oxygens (including phenoxy) is 1. The molecule has 0 aromatic heterocycles. The first-order valence-electron chi connectivity index (χ1n) is 7.57. The molecular weight excluding hydrogens is 212 g/mol. The van der Waals surface area contributed by atoms with E-state index in [4.69, 9.17) is 9.84 Å². The number of aliphatic hydroxyl groups is 1. The minimum Gasteiger partial charge on any atom is -0.396 e. The number of fused-ring (bicyclic) bond motifs is 2. The maximum Gasteiger partial charge on any atom is 0.0575 e. The quantitative estimate of drug-likeness (QED) is 0.816. The monoisotopic (exact) mass is 238 g/mol. The van der Waals surface area contributed by atoms with Gasteiger partial charge in [-0.25, -0.2) is 0 Å². The summed E-state index contributed by atoms with van der Waals surface area (Å²) in [4.78, 5) is 0. The summed E-state index contributed by atoms with van der Waals surface area (Å²) in [6.45, 7) is 1.40. The van der Waals surface area contributed by atoms with Gasteiger partial charge in [0.1, 0.15) is 0 Å². The normalized spacial score (nSPS) is 45.4. The van der Waals surface area contributed by atoms with Crippen molar-refractivity contribution in [3.8, 4) is 0 Å². The molecule has 98 valence electrons. The Balaban J connectivity index is 1.38. The Bertz CT molecular complexity index is 245. The SMILES string of the molecule is OCC1CCC(OCC2CC3CCC2C3)CC1. The maximum absolute atomic E-state index is 9.11. The molecule has 0 heterocycles. The van der Waals surface area contributed by atoms with Gasteiger partial charge in [0.25, 0.3) is 0 Å². The van der Waals surface area contributed by atoms with E-state index in [1.165, 1.54) is 38.5 Å². The van der Waals surface area contributed by atoms with Crippen LogP contribution in [0.2, 0.25) is 0 Å². The zero-order valence-electron chi connectivity index (χ0n) is 10.8. The van der Waals surface area contributed by atoms with Gasteiger partial charge in [-0.3, -0.25) is 0 Å². The molecule has 2 bridgehead atoms. The Morgan fingerprint density at radius 2 is 1.76 bits per heavy atom. The molecule has 0 amide bonds. The molecule has 3 unspecified atom stereocenters. The molecule has 3 aliphatic carbocycles. The van der Waals surface area contributed by atoms with Crippen LogP contribution in [0.25, 0.3) is 0 Å². The van der Waals surface area contributed by atoms with Crippen LogP contribution >= 0.6 is 0 Å². The molecule has 0 saturated heterocycles. The topological polar surface area (TPSA) is 29.5 Å². The fourth-order valence-electron chi connectivity index (χ4n) is 4.32. The summed E-state index contributed by atoms with van der Waals surface area (Å²) in [6.07, 6.45) is 11.1.